The topological polar surface area (TPSA) is 44.7 Å². The van der Waals surface area contributed by atoms with Crippen LogP contribution in [0.15, 0.2) is 47.6 Å². The smallest absolute Gasteiger partial charge is 0.271 e. The Morgan fingerprint density at radius 1 is 1.04 bits per heavy atom. The molecule has 0 spiro atoms. The zero-order valence-corrected chi connectivity index (χ0v) is 14.8. The zero-order chi connectivity index (χ0) is 17.5. The maximum atomic E-state index is 12.1. The first-order valence-electron chi connectivity index (χ1n) is 8.30. The van der Waals surface area contributed by atoms with E-state index in [0.29, 0.717) is 5.56 Å². The Kier molecular flexibility index (Phi) is 6.13. The minimum atomic E-state index is -0.200. The Hall–Kier alpha value is -2.62. The Balaban J connectivity index is 1.98. The van der Waals surface area contributed by atoms with Crippen molar-refractivity contribution < 1.29 is 4.79 Å². The second-order valence-electron chi connectivity index (χ2n) is 5.76. The van der Waals surface area contributed by atoms with E-state index in [-0.39, 0.29) is 5.91 Å². The van der Waals surface area contributed by atoms with Gasteiger partial charge in [-0.1, -0.05) is 18.2 Å². The minimum absolute atomic E-state index is 0.200. The summed E-state index contributed by atoms with van der Waals surface area (Å²) in [7, 11) is 0. The molecular weight excluding hydrogens is 298 g/mol. The molecule has 0 heterocycles. The molecule has 0 saturated carbocycles. The van der Waals surface area contributed by atoms with E-state index < -0.39 is 0 Å². The summed E-state index contributed by atoms with van der Waals surface area (Å²) in [5.74, 6) is -0.200. The van der Waals surface area contributed by atoms with Gasteiger partial charge in [0.25, 0.3) is 5.91 Å². The van der Waals surface area contributed by atoms with Crippen molar-refractivity contribution in [2.45, 2.75) is 27.7 Å². The van der Waals surface area contributed by atoms with Gasteiger partial charge in [0.15, 0.2) is 0 Å². The number of aryl methyl sites for hydroxylation is 2. The number of hydrogen-bond acceptors (Lipinski definition) is 3. The van der Waals surface area contributed by atoms with Crippen molar-refractivity contribution in [2.75, 3.05) is 18.0 Å². The predicted octanol–water partition coefficient (Wildman–Crippen LogP) is 3.91. The summed E-state index contributed by atoms with van der Waals surface area (Å²) in [5.41, 5.74) is 7.60. The van der Waals surface area contributed by atoms with Gasteiger partial charge in [0.2, 0.25) is 0 Å². The van der Waals surface area contributed by atoms with Gasteiger partial charge in [-0.2, -0.15) is 5.10 Å². The molecule has 0 aliphatic heterocycles. The van der Waals surface area contributed by atoms with Gasteiger partial charge in [-0.25, -0.2) is 5.43 Å². The van der Waals surface area contributed by atoms with Crippen molar-refractivity contribution in [1.82, 2.24) is 5.43 Å². The van der Waals surface area contributed by atoms with Crippen LogP contribution < -0.4 is 10.3 Å². The Bertz CT molecular complexity index is 716. The molecule has 4 heteroatoms. The summed E-state index contributed by atoms with van der Waals surface area (Å²) in [6.45, 7) is 10.3. The van der Waals surface area contributed by atoms with Crippen LogP contribution in [0.3, 0.4) is 0 Å². The third-order valence-electron chi connectivity index (χ3n) is 4.17. The van der Waals surface area contributed by atoms with Crippen LogP contribution in [0.25, 0.3) is 0 Å². The van der Waals surface area contributed by atoms with Gasteiger partial charge >= 0.3 is 0 Å². The molecule has 0 bridgehead atoms. The van der Waals surface area contributed by atoms with Crippen molar-refractivity contribution in [1.29, 1.82) is 0 Å². The molecule has 0 aromatic heterocycles. The fraction of sp³-hybridized carbons (Fsp3) is 0.300. The van der Waals surface area contributed by atoms with Crippen LogP contribution in [-0.4, -0.2) is 25.2 Å². The number of anilines is 1. The van der Waals surface area contributed by atoms with Gasteiger partial charge in [-0.15, -0.1) is 0 Å². The predicted molar refractivity (Wildman–Crippen MR) is 101 cm³/mol. The van der Waals surface area contributed by atoms with Crippen molar-refractivity contribution in [3.63, 3.8) is 0 Å². The van der Waals surface area contributed by atoms with Gasteiger partial charge in [0.05, 0.1) is 6.21 Å². The average Bonchev–Trinajstić information content (AvgIpc) is 2.59. The molecule has 1 N–H and O–H groups in total. The van der Waals surface area contributed by atoms with Crippen molar-refractivity contribution in [2.24, 2.45) is 5.10 Å². The molecule has 1 amide bonds. The number of nitrogens with zero attached hydrogens (tertiary/aromatic N) is 2. The second-order valence-corrected chi connectivity index (χ2v) is 5.76. The highest BCUT2D eigenvalue weighted by atomic mass is 16.2. The summed E-state index contributed by atoms with van der Waals surface area (Å²) in [4.78, 5) is 14.4. The molecule has 0 saturated heterocycles. The number of carbonyl (C=O) groups excluding carboxylic acids is 1. The van der Waals surface area contributed by atoms with Gasteiger partial charge in [-0.3, -0.25) is 4.79 Å². The summed E-state index contributed by atoms with van der Waals surface area (Å²) in [5, 5.41) is 4.05. The fourth-order valence-corrected chi connectivity index (χ4v) is 2.47. The molecule has 4 nitrogen and oxygen atoms in total. The third kappa shape index (κ3) is 4.44. The molecule has 2 rings (SSSR count). The zero-order valence-electron chi connectivity index (χ0n) is 14.8. The lowest BCUT2D eigenvalue weighted by Crippen LogP contribution is -2.21. The highest BCUT2D eigenvalue weighted by Crippen LogP contribution is 2.14. The SMILES string of the molecule is CCN(CC)c1ccc(C=NNC(=O)c2ccc(C)c(C)c2)cc1. The van der Waals surface area contributed by atoms with Crippen LogP contribution in [-0.2, 0) is 0 Å². The quantitative estimate of drug-likeness (QED) is 0.647. The summed E-state index contributed by atoms with van der Waals surface area (Å²) in [6.07, 6.45) is 1.66. The van der Waals surface area contributed by atoms with E-state index in [4.69, 9.17) is 0 Å². The maximum Gasteiger partial charge on any atom is 0.271 e. The van der Waals surface area contributed by atoms with E-state index >= 15 is 0 Å². The Morgan fingerprint density at radius 3 is 2.29 bits per heavy atom. The molecular formula is C20H25N3O. The number of nitrogens with one attached hydrogen (secondary N) is 1. The number of benzene rings is 2. The van der Waals surface area contributed by atoms with Crippen LogP contribution in [0.4, 0.5) is 5.69 Å². The largest absolute Gasteiger partial charge is 0.372 e. The summed E-state index contributed by atoms with van der Waals surface area (Å²) in [6, 6.07) is 13.8. The molecule has 0 unspecified atom stereocenters. The molecule has 126 valence electrons. The molecule has 0 atom stereocenters. The van der Waals surface area contributed by atoms with Crippen LogP contribution in [0.1, 0.15) is 40.9 Å². The molecule has 0 aliphatic carbocycles. The van der Waals surface area contributed by atoms with Crippen molar-refractivity contribution in [3.8, 4) is 0 Å². The number of rotatable bonds is 6. The van der Waals surface area contributed by atoms with E-state index in [1.54, 1.807) is 6.21 Å². The number of hydrazone groups is 1. The van der Waals surface area contributed by atoms with E-state index in [0.717, 1.165) is 24.2 Å². The lowest BCUT2D eigenvalue weighted by molar-refractivity contribution is 0.0955. The van der Waals surface area contributed by atoms with Gasteiger partial charge < -0.3 is 4.90 Å². The Labute approximate surface area is 144 Å². The van der Waals surface area contributed by atoms with Crippen molar-refractivity contribution >= 4 is 17.8 Å². The normalized spacial score (nSPS) is 10.8. The summed E-state index contributed by atoms with van der Waals surface area (Å²) < 4.78 is 0. The molecule has 2 aromatic rings. The molecule has 24 heavy (non-hydrogen) atoms. The van der Waals surface area contributed by atoms with E-state index in [2.05, 4.69) is 41.4 Å². The first-order chi connectivity index (χ1) is 11.5. The van der Waals surface area contributed by atoms with E-state index in [1.807, 2.05) is 44.2 Å². The lowest BCUT2D eigenvalue weighted by Gasteiger charge is -2.20. The number of amides is 1. The maximum absolute atomic E-state index is 12.1. The number of carbonyl (C=O) groups is 1. The van der Waals surface area contributed by atoms with Crippen LogP contribution >= 0.6 is 0 Å². The Morgan fingerprint density at radius 2 is 1.71 bits per heavy atom. The van der Waals surface area contributed by atoms with Crippen LogP contribution in [0.2, 0.25) is 0 Å². The van der Waals surface area contributed by atoms with Crippen LogP contribution in [0, 0.1) is 13.8 Å². The van der Waals surface area contributed by atoms with E-state index in [1.165, 1.54) is 11.3 Å². The van der Waals surface area contributed by atoms with Crippen molar-refractivity contribution in [3.05, 3.63) is 64.7 Å². The highest BCUT2D eigenvalue weighted by molar-refractivity contribution is 5.95. The standard InChI is InChI=1S/C20H25N3O/c1-5-23(6-2)19-11-8-17(9-12-19)14-21-22-20(24)18-10-7-15(3)16(4)13-18/h7-14H,5-6H2,1-4H3,(H,22,24). The molecule has 0 fully saturated rings. The fourth-order valence-electron chi connectivity index (χ4n) is 2.47. The number of hydrogen-bond donors (Lipinski definition) is 1. The minimum Gasteiger partial charge on any atom is -0.372 e. The van der Waals surface area contributed by atoms with Gasteiger partial charge in [0.1, 0.15) is 0 Å². The van der Waals surface area contributed by atoms with Gasteiger partial charge in [-0.05, 0) is 68.7 Å². The first-order valence-corrected chi connectivity index (χ1v) is 8.30. The van der Waals surface area contributed by atoms with Gasteiger partial charge in [0, 0.05) is 24.3 Å². The lowest BCUT2D eigenvalue weighted by atomic mass is 10.1. The second kappa shape index (κ2) is 8.29. The summed E-state index contributed by atoms with van der Waals surface area (Å²) >= 11 is 0. The highest BCUT2D eigenvalue weighted by Gasteiger charge is 2.05. The van der Waals surface area contributed by atoms with E-state index in [9.17, 15) is 4.79 Å². The molecule has 0 radical (unpaired) electrons. The third-order valence-corrected chi connectivity index (χ3v) is 4.17. The average molecular weight is 323 g/mol. The first kappa shape index (κ1) is 17.7. The van der Waals surface area contributed by atoms with Crippen LogP contribution in [0.5, 0.6) is 0 Å². The monoisotopic (exact) mass is 323 g/mol. The molecule has 0 aliphatic rings. The molecule has 2 aromatic carbocycles.